The van der Waals surface area contributed by atoms with E-state index in [4.69, 9.17) is 10.8 Å². The van der Waals surface area contributed by atoms with Crippen molar-refractivity contribution in [1.82, 2.24) is 0 Å². The van der Waals surface area contributed by atoms with Crippen LogP contribution in [-0.4, -0.2) is 11.5 Å². The lowest BCUT2D eigenvalue weighted by atomic mass is 9.90. The Morgan fingerprint density at radius 1 is 0.408 bits per heavy atom. The summed E-state index contributed by atoms with van der Waals surface area (Å²) >= 11 is 0. The molecule has 0 spiro atoms. The van der Waals surface area contributed by atoms with Crippen molar-refractivity contribution in [3.63, 3.8) is 0 Å². The molecule has 0 aromatic heterocycles. The van der Waals surface area contributed by atoms with E-state index < -0.39 is 0 Å². The van der Waals surface area contributed by atoms with Gasteiger partial charge >= 0.3 is 0 Å². The van der Waals surface area contributed by atoms with Gasteiger partial charge in [0.15, 0.2) is 5.84 Å². The number of fused-ring (bicyclic) bond motifs is 6. The Bertz CT molecular complexity index is 2420. The second-order valence-electron chi connectivity index (χ2n) is 12.8. The Morgan fingerprint density at radius 2 is 0.918 bits per heavy atom. The SMILES string of the molecule is N/N=C(\N=C(c1ccccc1)c1ccc2c(c1)Cc1c-2cccc1-c1cccc2c1Cc1cc(-c3ccccc3)ccc1-2)c1ccccc1. The van der Waals surface area contributed by atoms with Crippen molar-refractivity contribution in [2.75, 3.05) is 0 Å². The normalized spacial score (nSPS) is 13.1. The summed E-state index contributed by atoms with van der Waals surface area (Å²) in [5, 5.41) is 4.09. The number of aliphatic imine (C=N–C) groups is 1. The van der Waals surface area contributed by atoms with E-state index in [0.717, 1.165) is 35.2 Å². The molecule has 2 aliphatic rings. The van der Waals surface area contributed by atoms with Gasteiger partial charge < -0.3 is 5.84 Å². The summed E-state index contributed by atoms with van der Waals surface area (Å²) in [4.78, 5) is 5.07. The summed E-state index contributed by atoms with van der Waals surface area (Å²) in [5.41, 5.74) is 19.8. The van der Waals surface area contributed by atoms with Gasteiger partial charge in [-0.3, -0.25) is 0 Å². The highest BCUT2D eigenvalue weighted by atomic mass is 15.2. The van der Waals surface area contributed by atoms with Gasteiger partial charge in [0.25, 0.3) is 0 Å². The molecule has 0 bridgehead atoms. The maximum atomic E-state index is 5.91. The fourth-order valence-corrected chi connectivity index (χ4v) is 7.66. The third kappa shape index (κ3) is 5.08. The number of amidine groups is 1. The lowest BCUT2D eigenvalue weighted by Crippen LogP contribution is -2.10. The van der Waals surface area contributed by atoms with Gasteiger partial charge in [-0.1, -0.05) is 158 Å². The summed E-state index contributed by atoms with van der Waals surface area (Å²) in [6.07, 6.45) is 1.80. The standard InChI is InChI=1S/C46H33N3/c47-49-46(32-16-8-3-9-17-32)48-45(31-14-6-2-7-15-31)34-23-25-38-36(27-34)29-44-40(38)19-11-21-42(44)41-20-10-18-39-37-24-22-33(26-35(37)28-43(39)41)30-12-4-1-5-13-30/h1-27H,28-29,47H2/b48-45?,49-46-. The molecule has 0 radical (unpaired) electrons. The van der Waals surface area contributed by atoms with Gasteiger partial charge in [-0.15, -0.1) is 0 Å². The van der Waals surface area contributed by atoms with E-state index in [1.54, 1.807) is 0 Å². The summed E-state index contributed by atoms with van der Waals surface area (Å²) in [5.74, 6) is 6.41. The maximum Gasteiger partial charge on any atom is 0.179 e. The Labute approximate surface area is 286 Å². The van der Waals surface area contributed by atoms with Crippen LogP contribution in [0.25, 0.3) is 44.5 Å². The molecule has 0 heterocycles. The minimum atomic E-state index is 0.500. The van der Waals surface area contributed by atoms with Crippen molar-refractivity contribution >= 4 is 11.5 Å². The quantitative estimate of drug-likeness (QED) is 0.0878. The van der Waals surface area contributed by atoms with Crippen LogP contribution in [0, 0.1) is 0 Å². The van der Waals surface area contributed by atoms with E-state index in [2.05, 4.69) is 120 Å². The van der Waals surface area contributed by atoms with E-state index in [1.165, 1.54) is 66.8 Å². The molecule has 0 amide bonds. The zero-order valence-electron chi connectivity index (χ0n) is 27.0. The first-order chi connectivity index (χ1) is 24.2. The Balaban J connectivity index is 1.09. The zero-order valence-corrected chi connectivity index (χ0v) is 27.0. The number of hydrogen-bond donors (Lipinski definition) is 1. The van der Waals surface area contributed by atoms with E-state index >= 15 is 0 Å². The first-order valence-electron chi connectivity index (χ1n) is 16.8. The van der Waals surface area contributed by atoms with Crippen LogP contribution in [0.3, 0.4) is 0 Å². The highest BCUT2D eigenvalue weighted by molar-refractivity contribution is 6.20. The fraction of sp³-hybridized carbons (Fsp3) is 0.0435. The molecule has 0 atom stereocenters. The van der Waals surface area contributed by atoms with Gasteiger partial charge in [-0.2, -0.15) is 5.10 Å². The minimum Gasteiger partial charge on any atom is -0.321 e. The van der Waals surface area contributed by atoms with Gasteiger partial charge in [-0.25, -0.2) is 4.99 Å². The number of rotatable bonds is 5. The van der Waals surface area contributed by atoms with Crippen molar-refractivity contribution in [2.24, 2.45) is 15.9 Å². The molecule has 0 aliphatic heterocycles. The van der Waals surface area contributed by atoms with Crippen LogP contribution < -0.4 is 5.84 Å². The van der Waals surface area contributed by atoms with Gasteiger partial charge in [0.1, 0.15) is 0 Å². The van der Waals surface area contributed by atoms with E-state index in [-0.39, 0.29) is 0 Å². The molecule has 2 N–H and O–H groups in total. The predicted octanol–water partition coefficient (Wildman–Crippen LogP) is 10.3. The molecular formula is C46H33N3. The summed E-state index contributed by atoms with van der Waals surface area (Å²) in [6.45, 7) is 0. The molecule has 0 unspecified atom stereocenters. The van der Waals surface area contributed by atoms with Crippen molar-refractivity contribution < 1.29 is 0 Å². The van der Waals surface area contributed by atoms with Crippen LogP contribution in [0.5, 0.6) is 0 Å². The third-order valence-corrected chi connectivity index (χ3v) is 9.97. The molecule has 232 valence electrons. The van der Waals surface area contributed by atoms with E-state index in [0.29, 0.717) is 5.84 Å². The second kappa shape index (κ2) is 12.0. The van der Waals surface area contributed by atoms with Crippen LogP contribution >= 0.6 is 0 Å². The molecule has 0 saturated carbocycles. The van der Waals surface area contributed by atoms with Crippen molar-refractivity contribution in [3.05, 3.63) is 203 Å². The first-order valence-corrected chi connectivity index (χ1v) is 16.8. The molecule has 49 heavy (non-hydrogen) atoms. The molecule has 2 aliphatic carbocycles. The largest absolute Gasteiger partial charge is 0.321 e. The van der Waals surface area contributed by atoms with E-state index in [9.17, 15) is 0 Å². The number of hydrogen-bond acceptors (Lipinski definition) is 2. The molecule has 7 aromatic carbocycles. The first kappa shape index (κ1) is 28.9. The van der Waals surface area contributed by atoms with Gasteiger partial charge in [0, 0.05) is 16.7 Å². The summed E-state index contributed by atoms with van der Waals surface area (Å²) < 4.78 is 0. The zero-order chi connectivity index (χ0) is 32.7. The molecule has 0 saturated heterocycles. The molecule has 9 rings (SSSR count). The van der Waals surface area contributed by atoms with Crippen molar-refractivity contribution in [3.8, 4) is 44.5 Å². The van der Waals surface area contributed by atoms with Crippen LogP contribution in [0.15, 0.2) is 174 Å². The highest BCUT2D eigenvalue weighted by Gasteiger charge is 2.27. The van der Waals surface area contributed by atoms with Gasteiger partial charge in [0.2, 0.25) is 0 Å². The van der Waals surface area contributed by atoms with Crippen LogP contribution in [0.2, 0.25) is 0 Å². The highest BCUT2D eigenvalue weighted by Crippen LogP contribution is 2.47. The number of benzene rings is 7. The average molecular weight is 628 g/mol. The number of hydrazone groups is 1. The van der Waals surface area contributed by atoms with Crippen molar-refractivity contribution in [1.29, 1.82) is 0 Å². The number of nitrogens with two attached hydrogens (primary N) is 1. The average Bonchev–Trinajstić information content (AvgIpc) is 3.74. The second-order valence-corrected chi connectivity index (χ2v) is 12.8. The third-order valence-electron chi connectivity index (χ3n) is 9.97. The lowest BCUT2D eigenvalue weighted by molar-refractivity contribution is 1.22. The molecule has 3 heteroatoms. The minimum absolute atomic E-state index is 0.500. The van der Waals surface area contributed by atoms with Gasteiger partial charge in [0.05, 0.1) is 5.71 Å². The molecular weight excluding hydrogens is 595 g/mol. The Kier molecular flexibility index (Phi) is 7.09. The number of nitrogens with zero attached hydrogens (tertiary/aromatic N) is 2. The van der Waals surface area contributed by atoms with Crippen LogP contribution in [0.1, 0.15) is 38.9 Å². The van der Waals surface area contributed by atoms with Gasteiger partial charge in [-0.05, 0) is 85.7 Å². The van der Waals surface area contributed by atoms with Crippen molar-refractivity contribution in [2.45, 2.75) is 12.8 Å². The molecule has 7 aromatic rings. The molecule has 3 nitrogen and oxygen atoms in total. The van der Waals surface area contributed by atoms with Crippen LogP contribution in [0.4, 0.5) is 0 Å². The topological polar surface area (TPSA) is 50.7 Å². The van der Waals surface area contributed by atoms with E-state index in [1.807, 2.05) is 48.5 Å². The Morgan fingerprint density at radius 3 is 1.51 bits per heavy atom. The lowest BCUT2D eigenvalue weighted by Gasteiger charge is -2.13. The predicted molar refractivity (Wildman–Crippen MR) is 203 cm³/mol. The summed E-state index contributed by atoms with van der Waals surface area (Å²) in [6, 6.07) is 58.2. The monoisotopic (exact) mass is 627 g/mol. The smallest absolute Gasteiger partial charge is 0.179 e. The van der Waals surface area contributed by atoms with Crippen LogP contribution in [-0.2, 0) is 12.8 Å². The summed E-state index contributed by atoms with van der Waals surface area (Å²) in [7, 11) is 0. The Hall–Kier alpha value is -6.32. The molecule has 0 fully saturated rings. The fourth-order valence-electron chi connectivity index (χ4n) is 7.66. The maximum absolute atomic E-state index is 5.91.